The first-order chi connectivity index (χ1) is 11.9. The molecule has 0 aliphatic carbocycles. The third kappa shape index (κ3) is 3.42. The van der Waals surface area contributed by atoms with Gasteiger partial charge in [-0.15, -0.1) is 5.10 Å². The molecule has 0 aliphatic rings. The Morgan fingerprint density at radius 2 is 1.76 bits per heavy atom. The summed E-state index contributed by atoms with van der Waals surface area (Å²) >= 11 is 6.01. The summed E-state index contributed by atoms with van der Waals surface area (Å²) < 4.78 is 1.70. The van der Waals surface area contributed by atoms with Crippen LogP contribution in [0.2, 0.25) is 5.02 Å². The lowest BCUT2D eigenvalue weighted by molar-refractivity contribution is 0.102. The number of nitrogens with zero attached hydrogens (tertiary/aromatic N) is 3. The van der Waals surface area contributed by atoms with E-state index in [1.165, 1.54) is 0 Å². The van der Waals surface area contributed by atoms with Gasteiger partial charge in [-0.1, -0.05) is 35.0 Å². The molecule has 1 amide bonds. The minimum atomic E-state index is -0.306. The number of halogens is 1. The maximum absolute atomic E-state index is 12.6. The maximum atomic E-state index is 12.6. The first-order valence-electron chi connectivity index (χ1n) is 7.94. The fraction of sp³-hybridized carbons (Fsp3) is 0.211. The minimum Gasteiger partial charge on any atom is -0.320 e. The molecule has 0 saturated carbocycles. The maximum Gasteiger partial charge on any atom is 0.278 e. The Hall–Kier alpha value is -2.66. The Bertz CT molecular complexity index is 962. The number of hydrogen-bond donors (Lipinski definition) is 1. The Labute approximate surface area is 151 Å². The number of carbonyl (C=O) groups excluding carboxylic acids is 1. The molecule has 128 valence electrons. The second-order valence-corrected chi connectivity index (χ2v) is 6.58. The van der Waals surface area contributed by atoms with Crippen LogP contribution in [0.5, 0.6) is 0 Å². The van der Waals surface area contributed by atoms with E-state index < -0.39 is 0 Å². The highest BCUT2D eigenvalue weighted by atomic mass is 35.5. The lowest BCUT2D eigenvalue weighted by Gasteiger charge is -2.09. The summed E-state index contributed by atoms with van der Waals surface area (Å²) in [4.78, 5) is 12.6. The zero-order valence-corrected chi connectivity index (χ0v) is 15.3. The normalized spacial score (nSPS) is 10.8. The Morgan fingerprint density at radius 1 is 1.04 bits per heavy atom. The van der Waals surface area contributed by atoms with E-state index in [1.807, 2.05) is 52.0 Å². The van der Waals surface area contributed by atoms with Crippen molar-refractivity contribution >= 4 is 23.2 Å². The van der Waals surface area contributed by atoms with Crippen molar-refractivity contribution in [1.29, 1.82) is 0 Å². The fourth-order valence-electron chi connectivity index (χ4n) is 2.63. The molecule has 25 heavy (non-hydrogen) atoms. The number of anilines is 1. The van der Waals surface area contributed by atoms with Crippen LogP contribution in [0, 0.1) is 27.7 Å². The SMILES string of the molecule is Cc1ccc(C)c(-n2nnc(C(=O)Nc3cc(Cl)ccc3C)c2C)c1. The van der Waals surface area contributed by atoms with Gasteiger partial charge in [0, 0.05) is 10.7 Å². The van der Waals surface area contributed by atoms with Gasteiger partial charge in [-0.05, 0) is 62.6 Å². The number of benzene rings is 2. The zero-order valence-electron chi connectivity index (χ0n) is 14.6. The van der Waals surface area contributed by atoms with Crippen molar-refractivity contribution in [2.75, 3.05) is 5.32 Å². The van der Waals surface area contributed by atoms with Gasteiger partial charge >= 0.3 is 0 Å². The average molecular weight is 355 g/mol. The molecular weight excluding hydrogens is 336 g/mol. The summed E-state index contributed by atoms with van der Waals surface area (Å²) in [6.07, 6.45) is 0. The van der Waals surface area contributed by atoms with Gasteiger partial charge in [0.05, 0.1) is 11.4 Å². The van der Waals surface area contributed by atoms with E-state index in [-0.39, 0.29) is 5.91 Å². The lowest BCUT2D eigenvalue weighted by atomic mass is 10.1. The number of aromatic nitrogens is 3. The molecule has 2 aromatic carbocycles. The van der Waals surface area contributed by atoms with Crippen LogP contribution in [-0.4, -0.2) is 20.9 Å². The molecule has 1 aromatic heterocycles. The van der Waals surface area contributed by atoms with Crippen molar-refractivity contribution in [3.63, 3.8) is 0 Å². The predicted octanol–water partition coefficient (Wildman–Crippen LogP) is 4.41. The van der Waals surface area contributed by atoms with E-state index in [0.717, 1.165) is 22.4 Å². The molecule has 0 saturated heterocycles. The van der Waals surface area contributed by atoms with Crippen molar-refractivity contribution in [2.45, 2.75) is 27.7 Å². The zero-order chi connectivity index (χ0) is 18.1. The molecule has 0 aliphatic heterocycles. The third-order valence-corrected chi connectivity index (χ3v) is 4.39. The standard InChI is InChI=1S/C19H19ClN4O/c1-11-5-6-13(3)17(9-11)24-14(4)18(22-23-24)19(25)21-16-10-15(20)8-7-12(16)2/h5-10H,1-4H3,(H,21,25). The van der Waals surface area contributed by atoms with Crippen LogP contribution < -0.4 is 5.32 Å². The summed E-state index contributed by atoms with van der Waals surface area (Å²) in [6.45, 7) is 7.77. The van der Waals surface area contributed by atoms with Crippen molar-refractivity contribution in [1.82, 2.24) is 15.0 Å². The Kier molecular flexibility index (Phi) is 4.59. The molecule has 0 spiro atoms. The van der Waals surface area contributed by atoms with E-state index >= 15 is 0 Å². The van der Waals surface area contributed by atoms with E-state index in [4.69, 9.17) is 11.6 Å². The Balaban J connectivity index is 1.94. The molecule has 0 fully saturated rings. The lowest BCUT2D eigenvalue weighted by Crippen LogP contribution is -2.15. The quantitative estimate of drug-likeness (QED) is 0.758. The van der Waals surface area contributed by atoms with Gasteiger partial charge < -0.3 is 5.32 Å². The van der Waals surface area contributed by atoms with Crippen LogP contribution in [0.25, 0.3) is 5.69 Å². The highest BCUT2D eigenvalue weighted by molar-refractivity contribution is 6.31. The van der Waals surface area contributed by atoms with E-state index in [0.29, 0.717) is 22.1 Å². The highest BCUT2D eigenvalue weighted by Crippen LogP contribution is 2.22. The molecule has 1 N–H and O–H groups in total. The smallest absolute Gasteiger partial charge is 0.278 e. The molecule has 0 radical (unpaired) electrons. The van der Waals surface area contributed by atoms with Crippen LogP contribution in [0.3, 0.4) is 0 Å². The summed E-state index contributed by atoms with van der Waals surface area (Å²) in [6, 6.07) is 11.5. The van der Waals surface area contributed by atoms with Gasteiger partial charge in [-0.3, -0.25) is 4.79 Å². The molecule has 0 unspecified atom stereocenters. The highest BCUT2D eigenvalue weighted by Gasteiger charge is 2.19. The average Bonchev–Trinajstić information content (AvgIpc) is 2.95. The first kappa shape index (κ1) is 17.2. The molecular formula is C19H19ClN4O. The Morgan fingerprint density at radius 3 is 2.52 bits per heavy atom. The summed E-state index contributed by atoms with van der Waals surface area (Å²) in [7, 11) is 0. The molecule has 5 nitrogen and oxygen atoms in total. The summed E-state index contributed by atoms with van der Waals surface area (Å²) in [5, 5.41) is 11.7. The van der Waals surface area contributed by atoms with Crippen molar-refractivity contribution < 1.29 is 4.79 Å². The number of amides is 1. The number of aryl methyl sites for hydroxylation is 3. The summed E-state index contributed by atoms with van der Waals surface area (Å²) in [5.41, 5.74) is 5.68. The largest absolute Gasteiger partial charge is 0.320 e. The second kappa shape index (κ2) is 6.69. The van der Waals surface area contributed by atoms with Gasteiger partial charge in [0.25, 0.3) is 5.91 Å². The third-order valence-electron chi connectivity index (χ3n) is 4.15. The van der Waals surface area contributed by atoms with Crippen LogP contribution in [0.4, 0.5) is 5.69 Å². The van der Waals surface area contributed by atoms with E-state index in [2.05, 4.69) is 15.6 Å². The number of carbonyl (C=O) groups is 1. The molecule has 6 heteroatoms. The van der Waals surface area contributed by atoms with Crippen molar-refractivity contribution in [3.8, 4) is 5.69 Å². The number of nitrogens with one attached hydrogen (secondary N) is 1. The summed E-state index contributed by atoms with van der Waals surface area (Å²) in [5.74, 6) is -0.306. The van der Waals surface area contributed by atoms with Gasteiger partial charge in [0.15, 0.2) is 5.69 Å². The van der Waals surface area contributed by atoms with Gasteiger partial charge in [0.2, 0.25) is 0 Å². The topological polar surface area (TPSA) is 59.8 Å². The predicted molar refractivity (Wildman–Crippen MR) is 99.7 cm³/mol. The second-order valence-electron chi connectivity index (χ2n) is 6.14. The monoisotopic (exact) mass is 354 g/mol. The molecule has 3 aromatic rings. The molecule has 3 rings (SSSR count). The fourth-order valence-corrected chi connectivity index (χ4v) is 2.80. The molecule has 0 atom stereocenters. The van der Waals surface area contributed by atoms with Crippen LogP contribution >= 0.6 is 11.6 Å². The van der Waals surface area contributed by atoms with Crippen LogP contribution in [0.1, 0.15) is 32.9 Å². The molecule has 0 bridgehead atoms. The number of hydrogen-bond acceptors (Lipinski definition) is 3. The van der Waals surface area contributed by atoms with Gasteiger partial charge in [-0.2, -0.15) is 0 Å². The first-order valence-corrected chi connectivity index (χ1v) is 8.32. The van der Waals surface area contributed by atoms with Gasteiger partial charge in [-0.25, -0.2) is 4.68 Å². The molecule has 1 heterocycles. The van der Waals surface area contributed by atoms with E-state index in [1.54, 1.807) is 16.8 Å². The van der Waals surface area contributed by atoms with Gasteiger partial charge in [0.1, 0.15) is 0 Å². The number of rotatable bonds is 3. The van der Waals surface area contributed by atoms with Crippen LogP contribution in [0.15, 0.2) is 36.4 Å². The van der Waals surface area contributed by atoms with E-state index in [9.17, 15) is 4.79 Å². The van der Waals surface area contributed by atoms with Crippen molar-refractivity contribution in [2.24, 2.45) is 0 Å². The van der Waals surface area contributed by atoms with Crippen LogP contribution in [-0.2, 0) is 0 Å². The minimum absolute atomic E-state index is 0.292. The van der Waals surface area contributed by atoms with Crippen molar-refractivity contribution in [3.05, 3.63) is 69.5 Å².